The van der Waals surface area contributed by atoms with E-state index in [1.54, 1.807) is 30.9 Å². The fraction of sp³-hybridized carbons (Fsp3) is 0.756. The molecule has 2 saturated heterocycles. The molecule has 2 aliphatic rings. The van der Waals surface area contributed by atoms with Crippen molar-refractivity contribution in [2.45, 2.75) is 123 Å². The second-order valence-electron chi connectivity index (χ2n) is 17.7. The van der Waals surface area contributed by atoms with Crippen LogP contribution in [0.1, 0.15) is 79.7 Å². The molecule has 0 spiro atoms. The molecule has 0 aromatic heterocycles. The van der Waals surface area contributed by atoms with E-state index in [2.05, 4.69) is 25.8 Å². The van der Waals surface area contributed by atoms with Crippen LogP contribution in [0, 0.1) is 23.7 Å². The third kappa shape index (κ3) is 13.9. The first-order chi connectivity index (χ1) is 28.5. The van der Waals surface area contributed by atoms with Gasteiger partial charge in [-0.25, -0.2) is 4.79 Å². The number of nitrogens with zero attached hydrogens (tertiary/aromatic N) is 4. The van der Waals surface area contributed by atoms with Gasteiger partial charge in [-0.2, -0.15) is 0 Å². The van der Waals surface area contributed by atoms with Gasteiger partial charge in [0.1, 0.15) is 12.1 Å². The molecule has 340 valence electrons. The fourth-order valence-electron chi connectivity index (χ4n) is 9.02. The molecule has 15 nitrogen and oxygen atoms in total. The number of amides is 4. The molecule has 0 aliphatic carbocycles. The summed E-state index contributed by atoms with van der Waals surface area (Å²) in [5.41, 5.74) is 0.786. The lowest BCUT2D eigenvalue weighted by Gasteiger charge is -2.41. The number of piperazine rings is 1. The smallest absolute Gasteiger partial charge is 0.326 e. The molecule has 2 fully saturated rings. The molecule has 4 N–H and O–H groups in total. The number of carboxylic acids is 1. The minimum absolute atomic E-state index is 0.0131. The lowest BCUT2D eigenvalue weighted by molar-refractivity contribution is -0.148. The maximum absolute atomic E-state index is 14.5. The molecule has 60 heavy (non-hydrogen) atoms. The molecule has 3 rings (SSSR count). The summed E-state index contributed by atoms with van der Waals surface area (Å²) in [5, 5.41) is 19.1. The Labute approximate surface area is 359 Å². The molecule has 2 aliphatic heterocycles. The highest BCUT2D eigenvalue weighted by Gasteiger charge is 2.43. The summed E-state index contributed by atoms with van der Waals surface area (Å²) in [5.74, 6) is -3.21. The van der Waals surface area contributed by atoms with Crippen LogP contribution in [-0.4, -0.2) is 171 Å². The van der Waals surface area contributed by atoms with Crippen LogP contribution in [0.4, 0.5) is 0 Å². The number of carbonyl (C=O) groups excluding carboxylic acids is 4. The number of carboxylic acid groups (broad SMARTS) is 1. The van der Waals surface area contributed by atoms with Crippen molar-refractivity contribution >= 4 is 29.6 Å². The van der Waals surface area contributed by atoms with Crippen LogP contribution in [0.2, 0.25) is 0 Å². The highest BCUT2D eigenvalue weighted by molar-refractivity contribution is 5.90. The van der Waals surface area contributed by atoms with E-state index in [9.17, 15) is 29.1 Å². The number of likely N-dealkylation sites (N-methyl/N-ethyl adjacent to an activating group) is 2. The van der Waals surface area contributed by atoms with Crippen molar-refractivity contribution in [1.82, 2.24) is 35.6 Å². The predicted molar refractivity (Wildman–Crippen MR) is 233 cm³/mol. The Hall–Kier alpha value is -3.63. The molecule has 2 heterocycles. The number of hydrogen-bond donors (Lipinski definition) is 4. The van der Waals surface area contributed by atoms with Crippen molar-refractivity contribution in [2.24, 2.45) is 23.7 Å². The first kappa shape index (κ1) is 50.7. The van der Waals surface area contributed by atoms with Crippen LogP contribution in [0.25, 0.3) is 0 Å². The van der Waals surface area contributed by atoms with Gasteiger partial charge in [0.05, 0.1) is 42.7 Å². The summed E-state index contributed by atoms with van der Waals surface area (Å²) < 4.78 is 12.0. The predicted octanol–water partition coefficient (Wildman–Crippen LogP) is 2.72. The Morgan fingerprint density at radius 3 is 2.10 bits per heavy atom. The van der Waals surface area contributed by atoms with E-state index in [0.717, 1.165) is 44.8 Å². The molecule has 0 radical (unpaired) electrons. The summed E-state index contributed by atoms with van der Waals surface area (Å²) in [6.45, 7) is 19.6. The molecule has 9 atom stereocenters. The van der Waals surface area contributed by atoms with E-state index in [1.165, 1.54) is 7.11 Å². The van der Waals surface area contributed by atoms with Gasteiger partial charge in [-0.15, -0.1) is 0 Å². The maximum atomic E-state index is 14.5. The number of hydrogen-bond acceptors (Lipinski definition) is 10. The normalized spacial score (nSPS) is 20.2. The number of aliphatic carboxylic acids is 1. The number of nitrogens with one attached hydrogen (secondary N) is 3. The third-order valence-corrected chi connectivity index (χ3v) is 12.7. The third-order valence-electron chi connectivity index (χ3n) is 12.7. The Balaban J connectivity index is 1.75. The van der Waals surface area contributed by atoms with Crippen LogP contribution in [0.5, 0.6) is 0 Å². The molecule has 15 heteroatoms. The number of likely N-dealkylation sites (tertiary alicyclic amines) is 1. The van der Waals surface area contributed by atoms with E-state index in [0.29, 0.717) is 25.8 Å². The van der Waals surface area contributed by atoms with Crippen molar-refractivity contribution in [1.29, 1.82) is 0 Å². The number of ether oxygens (including phenoxy) is 2. The van der Waals surface area contributed by atoms with Crippen LogP contribution in [0.3, 0.4) is 0 Å². The summed E-state index contributed by atoms with van der Waals surface area (Å²) in [7, 11) is 6.77. The van der Waals surface area contributed by atoms with Crippen molar-refractivity contribution in [2.75, 3.05) is 74.1 Å². The molecule has 1 aromatic carbocycles. The largest absolute Gasteiger partial charge is 0.480 e. The van der Waals surface area contributed by atoms with E-state index < -0.39 is 60.2 Å². The van der Waals surface area contributed by atoms with Gasteiger partial charge in [-0.3, -0.25) is 29.0 Å². The summed E-state index contributed by atoms with van der Waals surface area (Å²) in [4.78, 5) is 76.5. The zero-order valence-corrected chi connectivity index (χ0v) is 38.3. The minimum atomic E-state index is -1.14. The van der Waals surface area contributed by atoms with Gasteiger partial charge in [0.2, 0.25) is 23.6 Å². The molecular formula is C45H77N7O8. The van der Waals surface area contributed by atoms with Crippen molar-refractivity contribution in [3.63, 3.8) is 0 Å². The second kappa shape index (κ2) is 24.7. The van der Waals surface area contributed by atoms with Gasteiger partial charge >= 0.3 is 5.97 Å². The summed E-state index contributed by atoms with van der Waals surface area (Å²) in [6.07, 6.45) is 0.794. The van der Waals surface area contributed by atoms with E-state index in [-0.39, 0.29) is 48.3 Å². The quantitative estimate of drug-likeness (QED) is 0.121. The van der Waals surface area contributed by atoms with Crippen LogP contribution >= 0.6 is 0 Å². The fourth-order valence-corrected chi connectivity index (χ4v) is 9.02. The van der Waals surface area contributed by atoms with Crippen molar-refractivity contribution in [3.8, 4) is 0 Å². The number of carbonyl (C=O) groups is 5. The summed E-state index contributed by atoms with van der Waals surface area (Å²) >= 11 is 0. The molecule has 0 saturated carbocycles. The van der Waals surface area contributed by atoms with Gasteiger partial charge in [-0.05, 0) is 43.2 Å². The lowest BCUT2D eigenvalue weighted by atomic mass is 9.89. The number of rotatable bonds is 24. The lowest BCUT2D eigenvalue weighted by Crippen LogP contribution is -2.60. The Bertz CT molecular complexity index is 1510. The Kier molecular flexibility index (Phi) is 20.9. The van der Waals surface area contributed by atoms with Gasteiger partial charge < -0.3 is 40.3 Å². The second-order valence-corrected chi connectivity index (χ2v) is 17.7. The average molecular weight is 844 g/mol. The number of methoxy groups -OCH3 is 2. The van der Waals surface area contributed by atoms with E-state index >= 15 is 0 Å². The highest BCUT2D eigenvalue weighted by Crippen LogP contribution is 2.30. The molecule has 1 unspecified atom stereocenters. The standard InChI is InChI=1S/C45H77N7O8/c1-12-31(6)40(50(9)44(56)38(29(2)3)48-43(55)39(30(4)5)49(8)25-26-51-23-20-46-21-24-51)36(59-10)28-37(53)52-22-16-19-35(52)41(60-11)32(7)42(54)47-34(45(57)58)27-33-17-14-13-15-18-33/h13-15,17-18,29-32,34-36,38-41,46H,12,16,19-28H2,1-11H3,(H,47,54)(H,48,55)(H,57,58)/t31-,32+,34-,35?,36+,38-,39-,40-,41+/m0/s1. The first-order valence-corrected chi connectivity index (χ1v) is 22.1. The Morgan fingerprint density at radius 2 is 1.55 bits per heavy atom. The minimum Gasteiger partial charge on any atom is -0.480 e. The molecular weight excluding hydrogens is 767 g/mol. The van der Waals surface area contributed by atoms with Crippen LogP contribution in [0.15, 0.2) is 30.3 Å². The van der Waals surface area contributed by atoms with Crippen molar-refractivity contribution < 1.29 is 38.6 Å². The topological polar surface area (TPSA) is 173 Å². The van der Waals surface area contributed by atoms with E-state index in [1.807, 2.05) is 78.9 Å². The zero-order chi connectivity index (χ0) is 44.7. The van der Waals surface area contributed by atoms with Gasteiger partial charge in [-0.1, -0.05) is 85.2 Å². The Morgan fingerprint density at radius 1 is 0.900 bits per heavy atom. The highest BCUT2D eigenvalue weighted by atomic mass is 16.5. The van der Waals surface area contributed by atoms with Crippen LogP contribution < -0.4 is 16.0 Å². The molecule has 0 bridgehead atoms. The van der Waals surface area contributed by atoms with Gasteiger partial charge in [0, 0.05) is 73.5 Å². The van der Waals surface area contributed by atoms with Gasteiger partial charge in [0.15, 0.2) is 0 Å². The molecule has 4 amide bonds. The monoisotopic (exact) mass is 844 g/mol. The maximum Gasteiger partial charge on any atom is 0.326 e. The summed E-state index contributed by atoms with van der Waals surface area (Å²) in [6, 6.07) is 5.86. The molecule has 1 aromatic rings. The SMILES string of the molecule is CC[C@H](C)[C@@H]([C@@H](CC(=O)N1CCCC1[C@H](OC)[C@@H](C)C(=O)N[C@@H](Cc1ccccc1)C(=O)O)OC)N(C)C(=O)[C@@H](NC(=O)[C@H](C(C)C)N(C)CCN1CCNCC1)C(C)C. The average Bonchev–Trinajstić information content (AvgIpc) is 3.71. The zero-order valence-electron chi connectivity index (χ0n) is 38.3. The van der Waals surface area contributed by atoms with Crippen LogP contribution in [-0.2, 0) is 39.9 Å². The number of benzene rings is 1. The first-order valence-electron chi connectivity index (χ1n) is 22.1. The van der Waals surface area contributed by atoms with Crippen molar-refractivity contribution in [3.05, 3.63) is 35.9 Å². The van der Waals surface area contributed by atoms with E-state index in [4.69, 9.17) is 9.47 Å². The van der Waals surface area contributed by atoms with Gasteiger partial charge in [0.25, 0.3) is 0 Å².